The third-order valence-corrected chi connectivity index (χ3v) is 4.60. The van der Waals surface area contributed by atoms with Crippen molar-refractivity contribution in [1.29, 1.82) is 5.26 Å². The molecule has 0 saturated carbocycles. The van der Waals surface area contributed by atoms with E-state index >= 15 is 0 Å². The number of carbonyl (C=O) groups excluding carboxylic acids is 1. The van der Waals surface area contributed by atoms with Gasteiger partial charge in [-0.3, -0.25) is 9.48 Å². The summed E-state index contributed by atoms with van der Waals surface area (Å²) in [6.45, 7) is 12.2. The van der Waals surface area contributed by atoms with Gasteiger partial charge in [-0.15, -0.1) is 0 Å². The summed E-state index contributed by atoms with van der Waals surface area (Å²) in [5.74, 6) is -0.124. The average molecular weight is 401 g/mol. The number of benzene rings is 2. The van der Waals surface area contributed by atoms with Gasteiger partial charge in [0.15, 0.2) is 0 Å². The Morgan fingerprint density at radius 1 is 0.933 bits per heavy atom. The van der Waals surface area contributed by atoms with Crippen molar-refractivity contribution in [2.75, 3.05) is 0 Å². The molecule has 0 unspecified atom stereocenters. The predicted molar refractivity (Wildman–Crippen MR) is 120 cm³/mol. The van der Waals surface area contributed by atoms with Crippen molar-refractivity contribution in [1.82, 2.24) is 15.1 Å². The number of amides is 1. The molecule has 1 amide bonds. The molecule has 0 fully saturated rings. The van der Waals surface area contributed by atoms with Crippen molar-refractivity contribution in [3.8, 4) is 28.5 Å². The number of hydrogen-bond acceptors (Lipinski definition) is 3. The van der Waals surface area contributed by atoms with E-state index < -0.39 is 0 Å². The molecule has 3 aromatic rings. The monoisotopic (exact) mass is 400 g/mol. The molecular formula is C25H28N4O. The second-order valence-corrected chi connectivity index (χ2v) is 9.49. The van der Waals surface area contributed by atoms with E-state index in [1.54, 1.807) is 18.3 Å². The van der Waals surface area contributed by atoms with E-state index in [0.29, 0.717) is 11.1 Å². The Morgan fingerprint density at radius 2 is 1.57 bits per heavy atom. The minimum absolute atomic E-state index is 0.124. The second-order valence-electron chi connectivity index (χ2n) is 9.49. The van der Waals surface area contributed by atoms with E-state index in [1.807, 2.05) is 55.8 Å². The third kappa shape index (κ3) is 4.77. The van der Waals surface area contributed by atoms with Crippen LogP contribution in [-0.4, -0.2) is 21.2 Å². The van der Waals surface area contributed by atoms with E-state index in [9.17, 15) is 4.79 Å². The van der Waals surface area contributed by atoms with Gasteiger partial charge in [0.2, 0.25) is 0 Å². The number of nitriles is 1. The van der Waals surface area contributed by atoms with Crippen LogP contribution in [0.4, 0.5) is 0 Å². The first-order valence-electron chi connectivity index (χ1n) is 10.0. The van der Waals surface area contributed by atoms with Crippen molar-refractivity contribution in [2.24, 2.45) is 0 Å². The molecule has 0 bridgehead atoms. The topological polar surface area (TPSA) is 70.7 Å². The van der Waals surface area contributed by atoms with E-state index in [1.165, 1.54) is 0 Å². The first kappa shape index (κ1) is 21.3. The lowest BCUT2D eigenvalue weighted by atomic mass is 9.96. The summed E-state index contributed by atoms with van der Waals surface area (Å²) >= 11 is 0. The van der Waals surface area contributed by atoms with Crippen LogP contribution in [0.25, 0.3) is 22.4 Å². The molecule has 1 aromatic heterocycles. The van der Waals surface area contributed by atoms with E-state index in [-0.39, 0.29) is 17.0 Å². The minimum atomic E-state index is -0.338. The van der Waals surface area contributed by atoms with E-state index in [4.69, 9.17) is 5.26 Å². The van der Waals surface area contributed by atoms with Crippen molar-refractivity contribution in [3.63, 3.8) is 0 Å². The predicted octanol–water partition coefficient (Wildman–Crippen LogP) is 5.37. The Labute approximate surface area is 178 Å². The van der Waals surface area contributed by atoms with Gasteiger partial charge in [-0.05, 0) is 89.1 Å². The fourth-order valence-electron chi connectivity index (χ4n) is 3.28. The van der Waals surface area contributed by atoms with Crippen LogP contribution in [0.15, 0.2) is 54.7 Å². The maximum atomic E-state index is 13.0. The van der Waals surface area contributed by atoms with E-state index in [0.717, 1.165) is 22.4 Å². The fourth-order valence-corrected chi connectivity index (χ4v) is 3.28. The van der Waals surface area contributed by atoms with Crippen molar-refractivity contribution in [2.45, 2.75) is 52.6 Å². The number of carbonyl (C=O) groups is 1. The lowest BCUT2D eigenvalue weighted by Crippen LogP contribution is -2.40. The molecule has 5 nitrogen and oxygen atoms in total. The lowest BCUT2D eigenvalue weighted by Gasteiger charge is -2.23. The van der Waals surface area contributed by atoms with Crippen molar-refractivity contribution >= 4 is 5.91 Å². The molecular weight excluding hydrogens is 372 g/mol. The van der Waals surface area contributed by atoms with Gasteiger partial charge < -0.3 is 5.32 Å². The largest absolute Gasteiger partial charge is 0.347 e. The summed E-state index contributed by atoms with van der Waals surface area (Å²) in [4.78, 5) is 13.0. The standard InChI is InChI=1S/C25H28N4O/c1-24(2,3)28-23(30)21-14-19(18-9-7-17(16-26)8-10-18)13-20(15-21)22-11-12-27-29(22)25(4,5)6/h7-15H,1-6H3,(H,28,30). The fraction of sp³-hybridized carbons (Fsp3) is 0.320. The van der Waals surface area contributed by atoms with Crippen LogP contribution in [0.5, 0.6) is 0 Å². The zero-order chi connectivity index (χ0) is 22.1. The average Bonchev–Trinajstić information content (AvgIpc) is 3.17. The molecule has 0 aliphatic carbocycles. The molecule has 0 aliphatic heterocycles. The highest BCUT2D eigenvalue weighted by molar-refractivity contribution is 5.97. The lowest BCUT2D eigenvalue weighted by molar-refractivity contribution is 0.0919. The number of aromatic nitrogens is 2. The zero-order valence-corrected chi connectivity index (χ0v) is 18.4. The molecule has 2 aromatic carbocycles. The van der Waals surface area contributed by atoms with Crippen LogP contribution in [0, 0.1) is 11.3 Å². The molecule has 1 heterocycles. The van der Waals surface area contributed by atoms with Crippen LogP contribution in [-0.2, 0) is 5.54 Å². The van der Waals surface area contributed by atoms with Gasteiger partial charge in [-0.25, -0.2) is 0 Å². The van der Waals surface area contributed by atoms with Gasteiger partial charge in [0.1, 0.15) is 0 Å². The Balaban J connectivity index is 2.17. The molecule has 3 rings (SSSR count). The van der Waals surface area contributed by atoms with E-state index in [2.05, 4.69) is 43.3 Å². The first-order chi connectivity index (χ1) is 14.0. The molecule has 0 spiro atoms. The summed E-state index contributed by atoms with van der Waals surface area (Å²) in [7, 11) is 0. The molecule has 0 saturated heterocycles. The molecule has 154 valence electrons. The maximum Gasteiger partial charge on any atom is 0.251 e. The number of nitrogens with one attached hydrogen (secondary N) is 1. The number of nitrogens with zero attached hydrogens (tertiary/aromatic N) is 3. The normalized spacial score (nSPS) is 11.8. The van der Waals surface area contributed by atoms with Gasteiger partial charge in [0, 0.05) is 22.9 Å². The van der Waals surface area contributed by atoms with Crippen LogP contribution in [0.2, 0.25) is 0 Å². The SMILES string of the molecule is CC(C)(C)NC(=O)c1cc(-c2ccc(C#N)cc2)cc(-c2ccnn2C(C)(C)C)c1. The minimum Gasteiger partial charge on any atom is -0.347 e. The summed E-state index contributed by atoms with van der Waals surface area (Å²) in [5, 5.41) is 16.6. The summed E-state index contributed by atoms with van der Waals surface area (Å²) in [6, 6.07) is 17.4. The molecule has 5 heteroatoms. The quantitative estimate of drug-likeness (QED) is 0.642. The second kappa shape index (κ2) is 7.79. The van der Waals surface area contributed by atoms with Crippen molar-refractivity contribution < 1.29 is 4.79 Å². The third-order valence-electron chi connectivity index (χ3n) is 4.60. The number of rotatable bonds is 3. The summed E-state index contributed by atoms with van der Waals surface area (Å²) in [6.07, 6.45) is 1.78. The Bertz CT molecular complexity index is 1100. The molecule has 0 atom stereocenters. The first-order valence-corrected chi connectivity index (χ1v) is 10.0. The van der Waals surface area contributed by atoms with Crippen LogP contribution >= 0.6 is 0 Å². The summed E-state index contributed by atoms with van der Waals surface area (Å²) in [5.41, 5.74) is 4.38. The Morgan fingerprint density at radius 3 is 2.13 bits per heavy atom. The van der Waals surface area contributed by atoms with Crippen LogP contribution < -0.4 is 5.32 Å². The van der Waals surface area contributed by atoms with Gasteiger partial charge in [0.25, 0.3) is 5.91 Å². The van der Waals surface area contributed by atoms with Gasteiger partial charge in [-0.2, -0.15) is 10.4 Å². The van der Waals surface area contributed by atoms with Gasteiger partial charge in [0.05, 0.1) is 22.9 Å². The summed E-state index contributed by atoms with van der Waals surface area (Å²) < 4.78 is 1.97. The maximum absolute atomic E-state index is 13.0. The molecule has 1 N–H and O–H groups in total. The molecule has 0 radical (unpaired) electrons. The molecule has 0 aliphatic rings. The highest BCUT2D eigenvalue weighted by Crippen LogP contribution is 2.31. The zero-order valence-electron chi connectivity index (χ0n) is 18.4. The van der Waals surface area contributed by atoms with Crippen LogP contribution in [0.3, 0.4) is 0 Å². The molecule has 30 heavy (non-hydrogen) atoms. The van der Waals surface area contributed by atoms with Crippen LogP contribution in [0.1, 0.15) is 57.5 Å². The Hall–Kier alpha value is -3.39. The Kier molecular flexibility index (Phi) is 5.54. The van der Waals surface area contributed by atoms with Gasteiger partial charge >= 0.3 is 0 Å². The smallest absolute Gasteiger partial charge is 0.251 e. The highest BCUT2D eigenvalue weighted by Gasteiger charge is 2.21. The number of hydrogen-bond donors (Lipinski definition) is 1. The van der Waals surface area contributed by atoms with Gasteiger partial charge in [-0.1, -0.05) is 12.1 Å². The highest BCUT2D eigenvalue weighted by atomic mass is 16.1. The van der Waals surface area contributed by atoms with Crippen molar-refractivity contribution in [3.05, 3.63) is 65.9 Å².